The molecule has 1 N–H and O–H groups in total. The second-order valence-corrected chi connectivity index (χ2v) is 11.8. The van der Waals surface area contributed by atoms with Crippen LogP contribution in [-0.4, -0.2) is 65.8 Å². The predicted octanol–water partition coefficient (Wildman–Crippen LogP) is 2.31. The van der Waals surface area contributed by atoms with Crippen LogP contribution in [0.25, 0.3) is 0 Å². The van der Waals surface area contributed by atoms with Crippen LogP contribution in [-0.2, 0) is 26.5 Å². The highest BCUT2D eigenvalue weighted by molar-refractivity contribution is 7.89. The van der Waals surface area contributed by atoms with E-state index in [-0.39, 0.29) is 22.4 Å². The molecule has 170 valence electrons. The Kier molecular flexibility index (Phi) is 7.87. The highest BCUT2D eigenvalue weighted by atomic mass is 32.2. The molecule has 1 aliphatic heterocycles. The molecule has 0 saturated carbocycles. The van der Waals surface area contributed by atoms with E-state index < -0.39 is 20.0 Å². The molecule has 0 radical (unpaired) electrons. The standard InChI is InChI=1S/C22H31N3O4S2/c1-24(2)20(17-19-9-5-3-6-10-19)18-23-30(26,27)21-11-13-22(14-12-21)31(28,29)25-15-7-4-8-16-25/h3,5-6,9-14,20,23H,4,7-8,15-18H2,1-2H3. The highest BCUT2D eigenvalue weighted by Gasteiger charge is 2.26. The van der Waals surface area contributed by atoms with Crippen molar-refractivity contribution >= 4 is 20.0 Å². The van der Waals surface area contributed by atoms with E-state index in [0.717, 1.165) is 24.8 Å². The fraction of sp³-hybridized carbons (Fsp3) is 0.455. The van der Waals surface area contributed by atoms with Crippen LogP contribution in [0, 0.1) is 0 Å². The van der Waals surface area contributed by atoms with Crippen LogP contribution in [0.2, 0.25) is 0 Å². The van der Waals surface area contributed by atoms with Gasteiger partial charge in [-0.1, -0.05) is 36.8 Å². The van der Waals surface area contributed by atoms with Crippen LogP contribution in [0.3, 0.4) is 0 Å². The zero-order chi connectivity index (χ0) is 22.5. The highest BCUT2D eigenvalue weighted by Crippen LogP contribution is 2.22. The molecule has 31 heavy (non-hydrogen) atoms. The zero-order valence-electron chi connectivity index (χ0n) is 18.1. The number of benzene rings is 2. The lowest BCUT2D eigenvalue weighted by atomic mass is 10.1. The SMILES string of the molecule is CN(C)C(CNS(=O)(=O)c1ccc(S(=O)(=O)N2CCCCC2)cc1)Cc1ccccc1. The molecule has 1 heterocycles. The summed E-state index contributed by atoms with van der Waals surface area (Å²) in [5.74, 6) is 0. The molecule has 3 rings (SSSR count). The van der Waals surface area contributed by atoms with Gasteiger partial charge in [0.2, 0.25) is 20.0 Å². The summed E-state index contributed by atoms with van der Waals surface area (Å²) in [5, 5.41) is 0. The molecule has 0 aromatic heterocycles. The van der Waals surface area contributed by atoms with Crippen molar-refractivity contribution in [2.75, 3.05) is 33.7 Å². The third-order valence-corrected chi connectivity index (χ3v) is 8.99. The van der Waals surface area contributed by atoms with E-state index in [0.29, 0.717) is 19.5 Å². The lowest BCUT2D eigenvalue weighted by Crippen LogP contribution is -2.41. The smallest absolute Gasteiger partial charge is 0.243 e. The van der Waals surface area contributed by atoms with Crippen LogP contribution in [0.15, 0.2) is 64.4 Å². The Balaban J connectivity index is 1.68. The van der Waals surface area contributed by atoms with Crippen LogP contribution in [0.5, 0.6) is 0 Å². The van der Waals surface area contributed by atoms with E-state index in [1.807, 2.05) is 49.3 Å². The van der Waals surface area contributed by atoms with Crippen molar-refractivity contribution in [3.8, 4) is 0 Å². The van der Waals surface area contributed by atoms with Gasteiger partial charge >= 0.3 is 0 Å². The molecule has 1 fully saturated rings. The van der Waals surface area contributed by atoms with Gasteiger partial charge in [0.25, 0.3) is 0 Å². The Hall–Kier alpha value is -1.78. The largest absolute Gasteiger partial charge is 0.305 e. The third kappa shape index (κ3) is 6.14. The molecular formula is C22H31N3O4S2. The van der Waals surface area contributed by atoms with E-state index in [9.17, 15) is 16.8 Å². The van der Waals surface area contributed by atoms with Crippen molar-refractivity contribution in [2.45, 2.75) is 41.5 Å². The lowest BCUT2D eigenvalue weighted by molar-refractivity contribution is 0.291. The molecule has 0 bridgehead atoms. The number of sulfonamides is 2. The summed E-state index contributed by atoms with van der Waals surface area (Å²) >= 11 is 0. The quantitative estimate of drug-likeness (QED) is 0.614. The minimum Gasteiger partial charge on any atom is -0.305 e. The van der Waals surface area contributed by atoms with Crippen molar-refractivity contribution in [1.29, 1.82) is 0 Å². The van der Waals surface area contributed by atoms with Gasteiger partial charge in [0, 0.05) is 25.7 Å². The van der Waals surface area contributed by atoms with E-state index in [2.05, 4.69) is 4.72 Å². The summed E-state index contributed by atoms with van der Waals surface area (Å²) in [5.41, 5.74) is 1.13. The van der Waals surface area contributed by atoms with E-state index in [1.165, 1.54) is 28.6 Å². The zero-order valence-corrected chi connectivity index (χ0v) is 19.7. The number of hydrogen-bond acceptors (Lipinski definition) is 5. The molecule has 1 saturated heterocycles. The van der Waals surface area contributed by atoms with Gasteiger partial charge in [-0.15, -0.1) is 0 Å². The average Bonchev–Trinajstić information content (AvgIpc) is 2.78. The Morgan fingerprint density at radius 2 is 1.45 bits per heavy atom. The molecule has 2 aromatic carbocycles. The first-order valence-corrected chi connectivity index (χ1v) is 13.4. The molecule has 1 aliphatic rings. The molecular weight excluding hydrogens is 434 g/mol. The normalized spacial score (nSPS) is 17.0. The topological polar surface area (TPSA) is 86.8 Å². The van der Waals surface area contributed by atoms with Gasteiger partial charge in [0.15, 0.2) is 0 Å². The van der Waals surface area contributed by atoms with Crippen molar-refractivity contribution < 1.29 is 16.8 Å². The fourth-order valence-electron chi connectivity index (χ4n) is 3.66. The Bertz CT molecular complexity index is 1050. The summed E-state index contributed by atoms with van der Waals surface area (Å²) in [6, 6.07) is 15.4. The number of piperidine rings is 1. The number of rotatable bonds is 9. The Morgan fingerprint density at radius 1 is 0.871 bits per heavy atom. The lowest BCUT2D eigenvalue weighted by Gasteiger charge is -2.26. The average molecular weight is 466 g/mol. The predicted molar refractivity (Wildman–Crippen MR) is 122 cm³/mol. The van der Waals surface area contributed by atoms with Crippen molar-refractivity contribution in [3.05, 3.63) is 60.2 Å². The second kappa shape index (κ2) is 10.2. The molecule has 0 aliphatic carbocycles. The number of nitrogens with zero attached hydrogens (tertiary/aromatic N) is 2. The third-order valence-electron chi connectivity index (χ3n) is 5.64. The summed E-state index contributed by atoms with van der Waals surface area (Å²) in [7, 11) is -3.50. The molecule has 1 unspecified atom stereocenters. The minimum absolute atomic E-state index is 0.0177. The maximum absolute atomic E-state index is 12.8. The molecule has 9 heteroatoms. The Morgan fingerprint density at radius 3 is 2.03 bits per heavy atom. The monoisotopic (exact) mass is 465 g/mol. The maximum atomic E-state index is 12.8. The molecule has 7 nitrogen and oxygen atoms in total. The summed E-state index contributed by atoms with van der Waals surface area (Å²) in [6.45, 7) is 1.27. The van der Waals surface area contributed by atoms with Gasteiger partial charge in [-0.2, -0.15) is 4.31 Å². The molecule has 0 spiro atoms. The molecule has 1 atom stereocenters. The van der Waals surface area contributed by atoms with Crippen molar-refractivity contribution in [3.63, 3.8) is 0 Å². The van der Waals surface area contributed by atoms with Crippen LogP contribution in [0.4, 0.5) is 0 Å². The maximum Gasteiger partial charge on any atom is 0.243 e. The number of hydrogen-bond donors (Lipinski definition) is 1. The molecule has 0 amide bonds. The summed E-state index contributed by atoms with van der Waals surface area (Å²) in [6.07, 6.45) is 3.45. The van der Waals surface area contributed by atoms with Crippen LogP contribution >= 0.6 is 0 Å². The summed E-state index contributed by atoms with van der Waals surface area (Å²) in [4.78, 5) is 2.18. The second-order valence-electron chi connectivity index (χ2n) is 8.10. The first kappa shape index (κ1) is 23.9. The van der Waals surface area contributed by atoms with Gasteiger partial charge in [-0.05, 0) is 63.2 Å². The van der Waals surface area contributed by atoms with Crippen molar-refractivity contribution in [1.82, 2.24) is 13.9 Å². The van der Waals surface area contributed by atoms with Gasteiger partial charge in [-0.3, -0.25) is 0 Å². The van der Waals surface area contributed by atoms with Gasteiger partial charge < -0.3 is 4.90 Å². The van der Waals surface area contributed by atoms with Crippen molar-refractivity contribution in [2.24, 2.45) is 0 Å². The number of nitrogens with one attached hydrogen (secondary N) is 1. The minimum atomic E-state index is -3.75. The Labute approximate surface area is 186 Å². The van der Waals surface area contributed by atoms with E-state index in [1.54, 1.807) is 0 Å². The fourth-order valence-corrected chi connectivity index (χ4v) is 6.25. The van der Waals surface area contributed by atoms with E-state index >= 15 is 0 Å². The first-order valence-electron chi connectivity index (χ1n) is 10.5. The van der Waals surface area contributed by atoms with Gasteiger partial charge in [-0.25, -0.2) is 21.6 Å². The van der Waals surface area contributed by atoms with Crippen LogP contribution in [0.1, 0.15) is 24.8 Å². The van der Waals surface area contributed by atoms with Gasteiger partial charge in [0.05, 0.1) is 9.79 Å². The van der Waals surface area contributed by atoms with E-state index in [4.69, 9.17) is 0 Å². The summed E-state index contributed by atoms with van der Waals surface area (Å²) < 4.78 is 55.2. The first-order chi connectivity index (χ1) is 14.7. The number of likely N-dealkylation sites (N-methyl/N-ethyl adjacent to an activating group) is 1. The molecule has 2 aromatic rings. The van der Waals surface area contributed by atoms with Crippen LogP contribution < -0.4 is 4.72 Å². The van der Waals surface area contributed by atoms with Gasteiger partial charge in [0.1, 0.15) is 0 Å².